The third-order valence-electron chi connectivity index (χ3n) is 11.3. The van der Waals surface area contributed by atoms with E-state index in [1.807, 2.05) is 31.2 Å². The number of fused-ring (bicyclic) bond motifs is 5. The number of amides is 5. The van der Waals surface area contributed by atoms with Gasteiger partial charge < -0.3 is 52.4 Å². The molecule has 5 rings (SSSR count). The van der Waals surface area contributed by atoms with E-state index in [4.69, 9.17) is 31.9 Å². The number of nitriles is 1. The van der Waals surface area contributed by atoms with Crippen molar-refractivity contribution in [1.29, 1.82) is 5.26 Å². The fourth-order valence-electron chi connectivity index (χ4n) is 8.05. The molecule has 9 N–H and O–H groups in total. The van der Waals surface area contributed by atoms with Gasteiger partial charge in [-0.15, -0.1) is 0 Å². The zero-order valence-electron chi connectivity index (χ0n) is 36.2. The fourth-order valence-corrected chi connectivity index (χ4v) is 8.05. The molecule has 2 heterocycles. The average molecular weight is 852 g/mol. The highest BCUT2D eigenvalue weighted by atomic mass is 16.5. The van der Waals surface area contributed by atoms with Gasteiger partial charge in [-0.25, -0.2) is 0 Å². The molecular weight excluding hydrogens is 791 g/mol. The molecule has 1 unspecified atom stereocenters. The summed E-state index contributed by atoms with van der Waals surface area (Å²) in [4.78, 5) is 73.5. The van der Waals surface area contributed by atoms with Gasteiger partial charge >= 0.3 is 0 Å². The molecule has 0 saturated carbocycles. The van der Waals surface area contributed by atoms with Crippen LogP contribution in [0.4, 0.5) is 0 Å². The molecule has 3 aromatic carbocycles. The summed E-state index contributed by atoms with van der Waals surface area (Å²) >= 11 is 0. The minimum absolute atomic E-state index is 0.0217. The third kappa shape index (κ3) is 11.5. The minimum atomic E-state index is -1.34. The van der Waals surface area contributed by atoms with Crippen molar-refractivity contribution in [2.24, 2.45) is 17.2 Å². The molecule has 5 amide bonds. The number of unbranched alkanes of at least 4 members (excludes halogenated alkanes) is 3. The highest BCUT2D eigenvalue weighted by molar-refractivity contribution is 6.00. The SMILES string of the molecule is CCCCCCc1ccc(C(=O)N2C[C@H](N)CC2C(=O)N(C)[C@@H]2C(=O)N[C@@H](C)C(=O)N[C@H](C(=O)NCC#N)Cc3ccc(OCCN)c(c3)-c3cc2ccc3OCCN)c(C)c1. The molecule has 0 aromatic heterocycles. The minimum Gasteiger partial charge on any atom is -0.492 e. The smallest absolute Gasteiger partial charge is 0.254 e. The number of likely N-dealkylation sites (tertiary alicyclic amines) is 1. The van der Waals surface area contributed by atoms with Gasteiger partial charge in [-0.3, -0.25) is 24.0 Å². The molecule has 16 heteroatoms. The van der Waals surface area contributed by atoms with Gasteiger partial charge in [0.1, 0.15) is 55.4 Å². The van der Waals surface area contributed by atoms with Crippen molar-refractivity contribution in [2.75, 3.05) is 46.4 Å². The van der Waals surface area contributed by atoms with Crippen LogP contribution in [0.15, 0.2) is 54.6 Å². The molecule has 1 saturated heterocycles. The highest BCUT2D eigenvalue weighted by Crippen LogP contribution is 2.40. The summed E-state index contributed by atoms with van der Waals surface area (Å²) in [6.07, 6.45) is 5.61. The van der Waals surface area contributed by atoms with Crippen LogP contribution in [0.5, 0.6) is 11.5 Å². The van der Waals surface area contributed by atoms with Gasteiger partial charge in [-0.1, -0.05) is 50.5 Å². The van der Waals surface area contributed by atoms with E-state index >= 15 is 0 Å². The van der Waals surface area contributed by atoms with E-state index in [0.29, 0.717) is 39.3 Å². The Morgan fingerprint density at radius 1 is 0.935 bits per heavy atom. The van der Waals surface area contributed by atoms with Gasteiger partial charge in [-0.2, -0.15) is 5.26 Å². The first-order valence-electron chi connectivity index (χ1n) is 21.4. The molecule has 1 fully saturated rings. The molecule has 0 radical (unpaired) electrons. The molecule has 3 aromatic rings. The van der Waals surface area contributed by atoms with Crippen LogP contribution in [0, 0.1) is 18.3 Å². The second kappa shape index (κ2) is 22.2. The Labute approximate surface area is 363 Å². The van der Waals surface area contributed by atoms with E-state index in [9.17, 15) is 24.0 Å². The van der Waals surface area contributed by atoms with Crippen molar-refractivity contribution in [2.45, 2.75) is 95.9 Å². The normalized spacial score (nSPS) is 20.0. The van der Waals surface area contributed by atoms with Crippen LogP contribution >= 0.6 is 0 Å². The number of hydrogen-bond donors (Lipinski definition) is 6. The number of carbonyl (C=O) groups is 5. The van der Waals surface area contributed by atoms with E-state index in [1.54, 1.807) is 36.4 Å². The maximum absolute atomic E-state index is 14.8. The Morgan fingerprint density at radius 2 is 1.63 bits per heavy atom. The van der Waals surface area contributed by atoms with E-state index in [1.165, 1.54) is 30.2 Å². The monoisotopic (exact) mass is 851 g/mol. The fraction of sp³-hybridized carbons (Fsp3) is 0.478. The molecular formula is C46H61N9O7. The van der Waals surface area contributed by atoms with Gasteiger partial charge in [0, 0.05) is 55.8 Å². The van der Waals surface area contributed by atoms with Crippen LogP contribution in [-0.2, 0) is 32.0 Å². The summed E-state index contributed by atoms with van der Waals surface area (Å²) in [5.41, 5.74) is 22.6. The summed E-state index contributed by atoms with van der Waals surface area (Å²) in [6, 6.07) is 12.9. The molecule has 0 spiro atoms. The van der Waals surface area contributed by atoms with Gasteiger partial charge in [0.25, 0.3) is 5.91 Å². The number of ether oxygens (including phenoxy) is 2. The number of rotatable bonds is 16. The molecule has 2 aliphatic rings. The number of carbonyl (C=O) groups excluding carboxylic acids is 5. The maximum atomic E-state index is 14.8. The first-order valence-corrected chi connectivity index (χ1v) is 21.4. The van der Waals surface area contributed by atoms with E-state index < -0.39 is 53.8 Å². The zero-order valence-corrected chi connectivity index (χ0v) is 36.2. The quantitative estimate of drug-likeness (QED) is 0.0902. The van der Waals surface area contributed by atoms with Crippen molar-refractivity contribution in [3.63, 3.8) is 0 Å². The number of nitrogens with one attached hydrogen (secondary N) is 3. The Hall–Kier alpha value is -6.02. The number of benzene rings is 3. The predicted octanol–water partition coefficient (Wildman–Crippen LogP) is 2.39. The number of likely N-dealkylation sites (N-methyl/N-ethyl adjacent to an activating group) is 1. The lowest BCUT2D eigenvalue weighted by Gasteiger charge is -2.34. The Balaban J connectivity index is 1.58. The molecule has 16 nitrogen and oxygen atoms in total. The second-order valence-corrected chi connectivity index (χ2v) is 16.0. The van der Waals surface area contributed by atoms with Gasteiger partial charge in [0.05, 0.1) is 6.07 Å². The van der Waals surface area contributed by atoms with Crippen LogP contribution < -0.4 is 42.6 Å². The van der Waals surface area contributed by atoms with Crippen molar-refractivity contribution < 1.29 is 33.4 Å². The van der Waals surface area contributed by atoms with Crippen LogP contribution in [-0.4, -0.2) is 110 Å². The second-order valence-electron chi connectivity index (χ2n) is 16.0. The van der Waals surface area contributed by atoms with Crippen LogP contribution in [0.25, 0.3) is 11.1 Å². The van der Waals surface area contributed by atoms with Gasteiger partial charge in [0.2, 0.25) is 23.6 Å². The first kappa shape index (κ1) is 47.0. The lowest BCUT2D eigenvalue weighted by atomic mass is 9.93. The van der Waals surface area contributed by atoms with E-state index in [0.717, 1.165) is 36.8 Å². The summed E-state index contributed by atoms with van der Waals surface area (Å²) < 4.78 is 12.2. The zero-order chi connectivity index (χ0) is 44.9. The van der Waals surface area contributed by atoms with Crippen molar-refractivity contribution >= 4 is 29.5 Å². The van der Waals surface area contributed by atoms with Crippen LogP contribution in [0.1, 0.15) is 84.6 Å². The third-order valence-corrected chi connectivity index (χ3v) is 11.3. The lowest BCUT2D eigenvalue weighted by Crippen LogP contribution is -2.55. The van der Waals surface area contributed by atoms with Gasteiger partial charge in [0.15, 0.2) is 0 Å². The number of nitrogens with two attached hydrogens (primary N) is 3. The molecule has 4 bridgehead atoms. The van der Waals surface area contributed by atoms with E-state index in [-0.39, 0.29) is 58.1 Å². The Bertz CT molecular complexity index is 2140. The van der Waals surface area contributed by atoms with Crippen LogP contribution in [0.2, 0.25) is 0 Å². The summed E-state index contributed by atoms with van der Waals surface area (Å²) in [5, 5.41) is 17.1. The average Bonchev–Trinajstić information content (AvgIpc) is 3.66. The molecule has 2 aliphatic heterocycles. The molecule has 5 atom stereocenters. The molecule has 62 heavy (non-hydrogen) atoms. The standard InChI is InChI=1S/C46H61N9O7/c1-5-6-7-8-9-30-10-13-34(28(2)22-30)45(59)55-27-33(50)26-38(55)46(60)54(4)41-32-12-15-40(62-21-18-49)36(25-32)35-23-31(11-14-39(35)61-20-17-48)24-37(43(57)51-19-16-47)53-42(56)29(3)52-44(41)58/h10-15,22-23,25,29,33,37-38,41H,5-9,17-21,24,26-27,48-50H2,1-4H3,(H,51,57)(H,52,58)(H,53,56)/t29-,33+,37-,38?,41-/m0/s1. The summed E-state index contributed by atoms with van der Waals surface area (Å²) in [6.45, 7) is 6.13. The summed E-state index contributed by atoms with van der Waals surface area (Å²) in [7, 11) is 1.48. The first-order chi connectivity index (χ1) is 29.8. The lowest BCUT2D eigenvalue weighted by molar-refractivity contribution is -0.143. The number of aryl methyl sites for hydroxylation is 2. The number of hydrogen-bond acceptors (Lipinski definition) is 11. The van der Waals surface area contributed by atoms with Crippen molar-refractivity contribution in [3.8, 4) is 28.7 Å². The summed E-state index contributed by atoms with van der Waals surface area (Å²) in [5.74, 6) is -2.01. The maximum Gasteiger partial charge on any atom is 0.254 e. The van der Waals surface area contributed by atoms with Gasteiger partial charge in [-0.05, 0) is 85.7 Å². The van der Waals surface area contributed by atoms with Crippen LogP contribution in [0.3, 0.4) is 0 Å². The van der Waals surface area contributed by atoms with E-state index in [2.05, 4.69) is 22.9 Å². The largest absolute Gasteiger partial charge is 0.492 e. The highest BCUT2D eigenvalue weighted by Gasteiger charge is 2.43. The Morgan fingerprint density at radius 3 is 2.29 bits per heavy atom. The Kier molecular flexibility index (Phi) is 16.8. The number of nitrogens with zero attached hydrogens (tertiary/aromatic N) is 3. The molecule has 332 valence electrons. The molecule has 0 aliphatic carbocycles. The van der Waals surface area contributed by atoms with Crippen molar-refractivity contribution in [1.82, 2.24) is 25.8 Å². The topological polar surface area (TPSA) is 248 Å². The predicted molar refractivity (Wildman–Crippen MR) is 235 cm³/mol. The van der Waals surface area contributed by atoms with Crippen molar-refractivity contribution in [3.05, 3.63) is 82.4 Å².